The zero-order valence-corrected chi connectivity index (χ0v) is 10.4. The Morgan fingerprint density at radius 1 is 1.62 bits per heavy atom. The minimum Gasteiger partial charge on any atom is -0.274 e. The smallest absolute Gasteiger partial charge is 0.269 e. The van der Waals surface area contributed by atoms with Crippen LogP contribution in [0.15, 0.2) is 6.08 Å². The Labute approximate surface area is 99.2 Å². The number of carbonyl (C=O) groups excluding carboxylic acids is 1. The molecule has 1 amide bonds. The maximum atomic E-state index is 11.4. The summed E-state index contributed by atoms with van der Waals surface area (Å²) in [6.45, 7) is 1.83. The molecule has 0 unspecified atom stereocenters. The second-order valence-corrected chi connectivity index (χ2v) is 3.62. The molecule has 6 heteroatoms. The Kier molecular flexibility index (Phi) is 4.09. The number of likely N-dealkylation sites (N-methyl/N-ethyl adjacent to an activating group) is 1. The summed E-state index contributed by atoms with van der Waals surface area (Å²) in [5, 5.41) is 5.75. The molecule has 0 N–H and O–H groups in total. The molecule has 0 aliphatic rings. The third kappa shape index (κ3) is 2.62. The van der Waals surface area contributed by atoms with Crippen molar-refractivity contribution >= 4 is 23.6 Å². The van der Waals surface area contributed by atoms with E-state index in [0.29, 0.717) is 5.15 Å². The summed E-state index contributed by atoms with van der Waals surface area (Å²) in [5.74, 6) is -0.262. The molecule has 1 rings (SSSR count). The molecule has 1 heterocycles. The van der Waals surface area contributed by atoms with Crippen LogP contribution in [0.2, 0.25) is 5.15 Å². The number of carbonyl (C=O) groups is 1. The van der Waals surface area contributed by atoms with E-state index in [2.05, 4.69) is 5.10 Å². The first-order valence-corrected chi connectivity index (χ1v) is 5.04. The standard InChI is InChI=1S/C10H14ClN3O2/c1-7-8(10(11)13(2)12-7)5-6-9(15)14(3)16-4/h5-6H,1-4H3/b6-5-. The van der Waals surface area contributed by atoms with Gasteiger partial charge in [-0.05, 0) is 13.0 Å². The average Bonchev–Trinajstić information content (AvgIpc) is 2.49. The predicted molar refractivity (Wildman–Crippen MR) is 61.8 cm³/mol. The van der Waals surface area contributed by atoms with Gasteiger partial charge in [0.2, 0.25) is 0 Å². The summed E-state index contributed by atoms with van der Waals surface area (Å²) in [7, 11) is 4.70. The second kappa shape index (κ2) is 5.14. The molecule has 0 atom stereocenters. The lowest BCUT2D eigenvalue weighted by molar-refractivity contribution is -0.162. The minimum atomic E-state index is -0.262. The molecule has 0 spiro atoms. The van der Waals surface area contributed by atoms with E-state index >= 15 is 0 Å². The van der Waals surface area contributed by atoms with Crippen LogP contribution in [-0.2, 0) is 16.7 Å². The van der Waals surface area contributed by atoms with Crippen molar-refractivity contribution in [3.8, 4) is 0 Å². The number of amides is 1. The summed E-state index contributed by atoms with van der Waals surface area (Å²) in [5.41, 5.74) is 1.51. The summed E-state index contributed by atoms with van der Waals surface area (Å²) >= 11 is 6.00. The summed E-state index contributed by atoms with van der Waals surface area (Å²) in [6.07, 6.45) is 3.02. The van der Waals surface area contributed by atoms with E-state index in [1.54, 1.807) is 17.8 Å². The summed E-state index contributed by atoms with van der Waals surface area (Å²) in [4.78, 5) is 16.2. The Bertz CT molecular complexity index is 426. The van der Waals surface area contributed by atoms with Gasteiger partial charge in [0.25, 0.3) is 5.91 Å². The van der Waals surface area contributed by atoms with Gasteiger partial charge in [-0.15, -0.1) is 0 Å². The van der Waals surface area contributed by atoms with Gasteiger partial charge in [0.05, 0.1) is 12.8 Å². The molecule has 0 bridgehead atoms. The second-order valence-electron chi connectivity index (χ2n) is 3.27. The maximum absolute atomic E-state index is 11.4. The van der Waals surface area contributed by atoms with Crippen molar-refractivity contribution in [2.75, 3.05) is 14.2 Å². The number of aryl methyl sites for hydroxylation is 2. The van der Waals surface area contributed by atoms with Gasteiger partial charge in [0.1, 0.15) is 5.15 Å². The molecule has 0 saturated heterocycles. The van der Waals surface area contributed by atoms with Crippen LogP contribution in [0, 0.1) is 6.92 Å². The number of halogens is 1. The van der Waals surface area contributed by atoms with Gasteiger partial charge >= 0.3 is 0 Å². The van der Waals surface area contributed by atoms with Crippen LogP contribution < -0.4 is 0 Å². The quantitative estimate of drug-likeness (QED) is 0.596. The van der Waals surface area contributed by atoms with Crippen LogP contribution >= 0.6 is 11.6 Å². The van der Waals surface area contributed by atoms with Crippen LogP contribution in [0.25, 0.3) is 6.08 Å². The molecule has 5 nitrogen and oxygen atoms in total. The minimum absolute atomic E-state index is 0.262. The van der Waals surface area contributed by atoms with E-state index in [-0.39, 0.29) is 5.91 Å². The van der Waals surface area contributed by atoms with Crippen molar-refractivity contribution in [2.24, 2.45) is 7.05 Å². The normalized spacial score (nSPS) is 11.1. The highest BCUT2D eigenvalue weighted by molar-refractivity contribution is 6.31. The molecule has 1 aromatic rings. The molecule has 0 aromatic carbocycles. The first-order chi connectivity index (χ1) is 7.47. The fraction of sp³-hybridized carbons (Fsp3) is 0.400. The van der Waals surface area contributed by atoms with E-state index in [1.807, 2.05) is 6.92 Å². The van der Waals surface area contributed by atoms with Crippen molar-refractivity contribution in [2.45, 2.75) is 6.92 Å². The lowest BCUT2D eigenvalue weighted by atomic mass is 10.2. The maximum Gasteiger partial charge on any atom is 0.269 e. The molecule has 0 aliphatic heterocycles. The van der Waals surface area contributed by atoms with Gasteiger partial charge in [0.15, 0.2) is 0 Å². The SMILES string of the molecule is CON(C)C(=O)/C=C\c1c(C)nn(C)c1Cl. The van der Waals surface area contributed by atoms with Gasteiger partial charge in [0, 0.05) is 25.7 Å². The zero-order valence-electron chi connectivity index (χ0n) is 9.69. The Morgan fingerprint density at radius 3 is 2.69 bits per heavy atom. The molecule has 1 aromatic heterocycles. The van der Waals surface area contributed by atoms with Gasteiger partial charge < -0.3 is 0 Å². The highest BCUT2D eigenvalue weighted by Gasteiger charge is 2.09. The Morgan fingerprint density at radius 2 is 2.25 bits per heavy atom. The largest absolute Gasteiger partial charge is 0.274 e. The van der Waals surface area contributed by atoms with Gasteiger partial charge in [-0.1, -0.05) is 11.6 Å². The topological polar surface area (TPSA) is 47.4 Å². The lowest BCUT2D eigenvalue weighted by Crippen LogP contribution is -2.22. The van der Waals surface area contributed by atoms with Gasteiger partial charge in [-0.25, -0.2) is 5.06 Å². The number of hydroxylamine groups is 2. The lowest BCUT2D eigenvalue weighted by Gasteiger charge is -2.09. The van der Waals surface area contributed by atoms with E-state index < -0.39 is 0 Å². The van der Waals surface area contributed by atoms with Crippen LogP contribution in [-0.4, -0.2) is 34.9 Å². The van der Waals surface area contributed by atoms with Crippen molar-refractivity contribution in [3.05, 3.63) is 22.5 Å². The molecule has 0 saturated carbocycles. The van der Waals surface area contributed by atoms with E-state index in [1.165, 1.54) is 20.2 Å². The number of hydrogen-bond acceptors (Lipinski definition) is 3. The van der Waals surface area contributed by atoms with Crippen LogP contribution in [0.1, 0.15) is 11.3 Å². The average molecular weight is 244 g/mol. The van der Waals surface area contributed by atoms with Crippen LogP contribution in [0.4, 0.5) is 0 Å². The molecule has 0 radical (unpaired) electrons. The number of nitrogens with zero attached hydrogens (tertiary/aromatic N) is 3. The van der Waals surface area contributed by atoms with Crippen LogP contribution in [0.3, 0.4) is 0 Å². The summed E-state index contributed by atoms with van der Waals surface area (Å²) < 4.78 is 1.56. The molecule has 0 aliphatic carbocycles. The third-order valence-corrected chi connectivity index (χ3v) is 2.62. The number of rotatable bonds is 3. The zero-order chi connectivity index (χ0) is 12.3. The van der Waals surface area contributed by atoms with Gasteiger partial charge in [-0.2, -0.15) is 5.10 Å². The van der Waals surface area contributed by atoms with E-state index in [0.717, 1.165) is 16.3 Å². The monoisotopic (exact) mass is 243 g/mol. The molecule has 16 heavy (non-hydrogen) atoms. The molecule has 88 valence electrons. The van der Waals surface area contributed by atoms with Crippen molar-refractivity contribution < 1.29 is 9.63 Å². The fourth-order valence-corrected chi connectivity index (χ4v) is 1.42. The van der Waals surface area contributed by atoms with Gasteiger partial charge in [-0.3, -0.25) is 14.3 Å². The van der Waals surface area contributed by atoms with Crippen molar-refractivity contribution in [1.29, 1.82) is 0 Å². The summed E-state index contributed by atoms with van der Waals surface area (Å²) in [6, 6.07) is 0. The highest BCUT2D eigenvalue weighted by atomic mass is 35.5. The Balaban J connectivity index is 2.88. The first kappa shape index (κ1) is 12.7. The Hall–Kier alpha value is -1.33. The number of aromatic nitrogens is 2. The predicted octanol–water partition coefficient (Wildman–Crippen LogP) is 1.41. The highest BCUT2D eigenvalue weighted by Crippen LogP contribution is 2.19. The first-order valence-electron chi connectivity index (χ1n) is 4.66. The van der Waals surface area contributed by atoms with Crippen molar-refractivity contribution in [1.82, 2.24) is 14.8 Å². The number of hydrogen-bond donors (Lipinski definition) is 0. The molecular formula is C10H14ClN3O2. The third-order valence-electron chi connectivity index (χ3n) is 2.17. The molecular weight excluding hydrogens is 230 g/mol. The van der Waals surface area contributed by atoms with E-state index in [9.17, 15) is 4.79 Å². The fourth-order valence-electron chi connectivity index (χ4n) is 1.19. The molecule has 0 fully saturated rings. The van der Waals surface area contributed by atoms with Crippen molar-refractivity contribution in [3.63, 3.8) is 0 Å². The van der Waals surface area contributed by atoms with Crippen LogP contribution in [0.5, 0.6) is 0 Å². The van der Waals surface area contributed by atoms with E-state index in [4.69, 9.17) is 16.4 Å².